The summed E-state index contributed by atoms with van der Waals surface area (Å²) in [5.41, 5.74) is 1.28. The molecule has 0 aromatic heterocycles. The monoisotopic (exact) mass is 675 g/mol. The van der Waals surface area contributed by atoms with Crippen molar-refractivity contribution in [3.05, 3.63) is 71.6 Å². The zero-order valence-electron chi connectivity index (χ0n) is 28.0. The lowest BCUT2D eigenvalue weighted by Gasteiger charge is -2.32. The molecule has 0 fully saturated rings. The minimum absolute atomic E-state index is 0.00451. The minimum atomic E-state index is -0.991. The molecule has 3 heterocycles. The molecule has 13 nitrogen and oxygen atoms in total. The fourth-order valence-corrected chi connectivity index (χ4v) is 5.90. The van der Waals surface area contributed by atoms with Crippen LogP contribution in [0.25, 0.3) is 0 Å². The largest absolute Gasteiger partial charge is 0.481 e. The number of ketones is 2. The molecule has 49 heavy (non-hydrogen) atoms. The molecular weight excluding hydrogens is 634 g/mol. The summed E-state index contributed by atoms with van der Waals surface area (Å²) in [6, 6.07) is 8.12. The maximum atomic E-state index is 13.8. The first kappa shape index (κ1) is 35.0. The van der Waals surface area contributed by atoms with Gasteiger partial charge in [0.25, 0.3) is 5.91 Å². The molecular formula is C36H41N3O10. The molecule has 13 heteroatoms. The second-order valence-corrected chi connectivity index (χ2v) is 12.3. The molecule has 2 aromatic rings. The molecule has 3 atom stereocenters. The van der Waals surface area contributed by atoms with Crippen LogP contribution in [-0.2, 0) is 14.4 Å². The molecule has 3 aliphatic heterocycles. The van der Waals surface area contributed by atoms with Crippen molar-refractivity contribution in [3.8, 4) is 23.0 Å². The predicted molar refractivity (Wildman–Crippen MR) is 176 cm³/mol. The number of hydrogen-bond donors (Lipinski definition) is 1. The van der Waals surface area contributed by atoms with Crippen LogP contribution in [0.3, 0.4) is 0 Å². The molecule has 260 valence electrons. The Morgan fingerprint density at radius 1 is 0.796 bits per heavy atom. The number of carbonyl (C=O) groups is 5. The lowest BCUT2D eigenvalue weighted by Crippen LogP contribution is -2.43. The van der Waals surface area contributed by atoms with Crippen molar-refractivity contribution in [2.75, 3.05) is 27.7 Å². The Morgan fingerprint density at radius 2 is 1.39 bits per heavy atom. The highest BCUT2D eigenvalue weighted by atomic mass is 16.7. The van der Waals surface area contributed by atoms with Gasteiger partial charge in [-0.3, -0.25) is 24.0 Å². The van der Waals surface area contributed by atoms with Crippen molar-refractivity contribution in [2.24, 2.45) is 0 Å². The summed E-state index contributed by atoms with van der Waals surface area (Å²) in [4.78, 5) is 69.5. The average molecular weight is 676 g/mol. The number of ether oxygens (including phenoxy) is 4. The summed E-state index contributed by atoms with van der Waals surface area (Å²) in [5, 5.41) is 9.00. The van der Waals surface area contributed by atoms with Gasteiger partial charge in [0.2, 0.25) is 19.5 Å². The van der Waals surface area contributed by atoms with Crippen molar-refractivity contribution in [2.45, 2.75) is 70.5 Å². The average Bonchev–Trinajstić information content (AvgIpc) is 3.79. The van der Waals surface area contributed by atoms with Crippen molar-refractivity contribution >= 4 is 29.4 Å². The minimum Gasteiger partial charge on any atom is -0.481 e. The van der Waals surface area contributed by atoms with E-state index in [0.29, 0.717) is 59.0 Å². The van der Waals surface area contributed by atoms with Crippen LogP contribution in [0.2, 0.25) is 0 Å². The summed E-state index contributed by atoms with van der Waals surface area (Å²) in [6.07, 6.45) is 6.68. The number of amides is 2. The van der Waals surface area contributed by atoms with Crippen LogP contribution >= 0.6 is 0 Å². The summed E-state index contributed by atoms with van der Waals surface area (Å²) < 4.78 is 21.6. The van der Waals surface area contributed by atoms with Crippen molar-refractivity contribution < 1.29 is 48.0 Å². The molecule has 2 amide bonds. The smallest absolute Gasteiger partial charge is 0.303 e. The molecule has 3 aliphatic rings. The number of allylic oxidation sites excluding steroid dienone is 1. The van der Waals surface area contributed by atoms with E-state index in [2.05, 4.69) is 0 Å². The molecule has 1 N–H and O–H groups in total. The van der Waals surface area contributed by atoms with Crippen LogP contribution in [0.5, 0.6) is 23.0 Å². The quantitative estimate of drug-likeness (QED) is 0.267. The number of carboxylic acids is 1. The van der Waals surface area contributed by atoms with E-state index < -0.39 is 18.1 Å². The van der Waals surface area contributed by atoms with Crippen LogP contribution < -0.4 is 18.9 Å². The molecule has 2 aromatic carbocycles. The highest BCUT2D eigenvalue weighted by Crippen LogP contribution is 2.34. The highest BCUT2D eigenvalue weighted by molar-refractivity contribution is 6.04. The van der Waals surface area contributed by atoms with Gasteiger partial charge in [-0.25, -0.2) is 0 Å². The molecule has 0 spiro atoms. The van der Waals surface area contributed by atoms with Gasteiger partial charge in [0.1, 0.15) is 0 Å². The molecule has 0 aliphatic carbocycles. The van der Waals surface area contributed by atoms with Gasteiger partial charge in [-0.05, 0) is 75.9 Å². The third kappa shape index (κ3) is 8.04. The van der Waals surface area contributed by atoms with Gasteiger partial charge in [0.05, 0.1) is 12.1 Å². The first-order chi connectivity index (χ1) is 23.4. The topological polar surface area (TPSA) is 152 Å². The van der Waals surface area contributed by atoms with E-state index >= 15 is 0 Å². The van der Waals surface area contributed by atoms with Crippen LogP contribution in [-0.4, -0.2) is 95.0 Å². The normalized spacial score (nSPS) is 16.0. The van der Waals surface area contributed by atoms with E-state index in [4.69, 9.17) is 24.1 Å². The number of aliphatic carboxylic acids is 1. The number of benzene rings is 2. The van der Waals surface area contributed by atoms with Crippen molar-refractivity contribution in [1.82, 2.24) is 14.7 Å². The Kier molecular flexibility index (Phi) is 10.9. The Balaban J connectivity index is 1.25. The van der Waals surface area contributed by atoms with E-state index in [1.54, 1.807) is 63.6 Å². The molecule has 0 saturated carbocycles. The Labute approximate surface area is 284 Å². The standard InChI is InChI=1S/C36H41N3O10/c1-22(10-13-27(38(4)32(40)8-5-9-33(41)42)35(44)25-12-15-29-31(18-25)49-21-47-29)39-16-6-7-26(19-39)36(45)37(3)23(2)34(43)24-11-14-28-30(17-24)48-20-46-28/h6,11-12,14-19,22-23,27H,5,7-10,13,20-21H2,1-4H3,(H,41,42)/t22?,23-,27-/m1/s1. The molecule has 0 saturated heterocycles. The Hall–Kier alpha value is -5.33. The zero-order chi connectivity index (χ0) is 35.2. The first-order valence-corrected chi connectivity index (χ1v) is 16.2. The number of carboxylic acid groups (broad SMARTS) is 1. The Morgan fingerprint density at radius 3 is 2.00 bits per heavy atom. The van der Waals surface area contributed by atoms with Gasteiger partial charge < -0.3 is 38.8 Å². The van der Waals surface area contributed by atoms with E-state index in [0.717, 1.165) is 0 Å². The van der Waals surface area contributed by atoms with E-state index in [1.165, 1.54) is 9.80 Å². The molecule has 5 rings (SSSR count). The van der Waals surface area contributed by atoms with E-state index in [9.17, 15) is 24.0 Å². The van der Waals surface area contributed by atoms with Gasteiger partial charge in [-0.1, -0.05) is 6.08 Å². The second kappa shape index (κ2) is 15.3. The fraction of sp³-hybridized carbons (Fsp3) is 0.417. The summed E-state index contributed by atoms with van der Waals surface area (Å²) in [6.45, 7) is 3.79. The second-order valence-electron chi connectivity index (χ2n) is 12.3. The number of carbonyl (C=O) groups excluding carboxylic acids is 4. The number of Topliss-reactive ketones (excluding diaryl/α,β-unsaturated/α-hetero) is 2. The Bertz CT molecular complexity index is 1680. The number of fused-ring (bicyclic) bond motifs is 2. The number of likely N-dealkylation sites (N-methyl/N-ethyl adjacent to an activating group) is 2. The van der Waals surface area contributed by atoms with Crippen LogP contribution in [0, 0.1) is 0 Å². The number of nitrogens with zero attached hydrogens (tertiary/aromatic N) is 3. The third-order valence-corrected chi connectivity index (χ3v) is 9.10. The number of hydrogen-bond acceptors (Lipinski definition) is 10. The SMILES string of the molecule is CC(CC[C@H](C(=O)c1ccc2c(c1)OCO2)N(C)C(=O)CCCC(=O)O)N1C=CCC(C(=O)N(C)[C@H](C)C(=O)c2ccc3c(c2)OCO3)=C1. The van der Waals surface area contributed by atoms with Gasteiger partial charge in [-0.15, -0.1) is 0 Å². The van der Waals surface area contributed by atoms with Gasteiger partial charge in [0.15, 0.2) is 34.6 Å². The van der Waals surface area contributed by atoms with Crippen molar-refractivity contribution in [3.63, 3.8) is 0 Å². The van der Waals surface area contributed by atoms with Gasteiger partial charge >= 0.3 is 5.97 Å². The third-order valence-electron chi connectivity index (χ3n) is 9.10. The van der Waals surface area contributed by atoms with E-state index in [1.807, 2.05) is 24.1 Å². The molecule has 1 unspecified atom stereocenters. The predicted octanol–water partition coefficient (Wildman–Crippen LogP) is 4.41. The first-order valence-electron chi connectivity index (χ1n) is 16.2. The molecule has 0 bridgehead atoms. The van der Waals surface area contributed by atoms with Crippen molar-refractivity contribution in [1.29, 1.82) is 0 Å². The number of rotatable bonds is 15. The van der Waals surface area contributed by atoms with Crippen LogP contribution in [0.1, 0.15) is 73.1 Å². The maximum absolute atomic E-state index is 13.8. The summed E-state index contributed by atoms with van der Waals surface area (Å²) in [5.74, 6) is -0.0669. The van der Waals surface area contributed by atoms with Crippen LogP contribution in [0.4, 0.5) is 0 Å². The lowest BCUT2D eigenvalue weighted by atomic mass is 9.95. The molecule has 0 radical (unpaired) electrons. The van der Waals surface area contributed by atoms with Gasteiger partial charge in [-0.2, -0.15) is 0 Å². The summed E-state index contributed by atoms with van der Waals surface area (Å²) >= 11 is 0. The summed E-state index contributed by atoms with van der Waals surface area (Å²) in [7, 11) is 3.16. The lowest BCUT2D eigenvalue weighted by molar-refractivity contribution is -0.137. The van der Waals surface area contributed by atoms with E-state index in [-0.39, 0.29) is 62.3 Å². The zero-order valence-corrected chi connectivity index (χ0v) is 28.0. The van der Waals surface area contributed by atoms with Crippen LogP contribution in [0.15, 0.2) is 60.4 Å². The fourth-order valence-electron chi connectivity index (χ4n) is 5.90. The van der Waals surface area contributed by atoms with Gasteiger partial charge in [0, 0.05) is 62.1 Å². The highest BCUT2D eigenvalue weighted by Gasteiger charge is 2.31. The maximum Gasteiger partial charge on any atom is 0.303 e.